The summed E-state index contributed by atoms with van der Waals surface area (Å²) in [7, 11) is 0. The largest absolute Gasteiger partial charge is 0.478 e. The lowest BCUT2D eigenvalue weighted by Gasteiger charge is -2.29. The van der Waals surface area contributed by atoms with Crippen LogP contribution in [0.3, 0.4) is 0 Å². The molecule has 3 rings (SSSR count). The van der Waals surface area contributed by atoms with Crippen molar-refractivity contribution in [2.45, 2.75) is 0 Å². The van der Waals surface area contributed by atoms with E-state index in [1.165, 1.54) is 24.3 Å². The first kappa shape index (κ1) is 14.9. The highest BCUT2D eigenvalue weighted by molar-refractivity contribution is 5.88. The number of hydrogen-bond acceptors (Lipinski definition) is 5. The molecule has 0 aliphatic carbocycles. The smallest absolute Gasteiger partial charge is 0.335 e. The minimum atomic E-state index is -0.977. The molecule has 1 heterocycles. The second-order valence-corrected chi connectivity index (χ2v) is 4.97. The van der Waals surface area contributed by atoms with Gasteiger partial charge in [-0.1, -0.05) is 0 Å². The molecule has 0 radical (unpaired) electrons. The van der Waals surface area contributed by atoms with Crippen LogP contribution in [0.4, 0.5) is 11.4 Å². The molecule has 0 aromatic heterocycles. The minimum Gasteiger partial charge on any atom is -0.478 e. The molecule has 1 fully saturated rings. The van der Waals surface area contributed by atoms with Gasteiger partial charge in [0.1, 0.15) is 13.5 Å². The predicted octanol–water partition coefficient (Wildman–Crippen LogP) is 2.26. The summed E-state index contributed by atoms with van der Waals surface area (Å²) in [5, 5.41) is 21.6. The SMILES string of the molecule is O=C(O)c1ccc(N2COCN2c2ccc(C(=O)O)cc2)cc1. The van der Waals surface area contributed by atoms with Gasteiger partial charge in [0.2, 0.25) is 0 Å². The third kappa shape index (κ3) is 2.95. The van der Waals surface area contributed by atoms with Gasteiger partial charge in [0.25, 0.3) is 0 Å². The molecule has 0 saturated carbocycles. The summed E-state index contributed by atoms with van der Waals surface area (Å²) in [6.07, 6.45) is 0. The van der Waals surface area contributed by atoms with E-state index in [4.69, 9.17) is 14.9 Å². The van der Waals surface area contributed by atoms with Crippen LogP contribution in [0, 0.1) is 0 Å². The first-order chi connectivity index (χ1) is 11.1. The molecule has 0 unspecified atom stereocenters. The molecular formula is C16H14N2O5. The van der Waals surface area contributed by atoms with Crippen molar-refractivity contribution in [2.75, 3.05) is 23.5 Å². The summed E-state index contributed by atoms with van der Waals surface area (Å²) in [5.74, 6) is -1.95. The number of nitrogens with zero attached hydrogens (tertiary/aromatic N) is 2. The van der Waals surface area contributed by atoms with Crippen LogP contribution < -0.4 is 10.0 Å². The van der Waals surface area contributed by atoms with Gasteiger partial charge in [-0.2, -0.15) is 0 Å². The lowest BCUT2D eigenvalue weighted by Crippen LogP contribution is -2.36. The van der Waals surface area contributed by atoms with E-state index in [1.54, 1.807) is 24.3 Å². The highest BCUT2D eigenvalue weighted by atomic mass is 16.5. The van der Waals surface area contributed by atoms with Crippen molar-refractivity contribution in [3.05, 3.63) is 59.7 Å². The second-order valence-electron chi connectivity index (χ2n) is 4.97. The quantitative estimate of drug-likeness (QED) is 0.894. The van der Waals surface area contributed by atoms with E-state index in [-0.39, 0.29) is 11.1 Å². The van der Waals surface area contributed by atoms with Gasteiger partial charge in [0.05, 0.1) is 22.5 Å². The molecule has 0 spiro atoms. The summed E-state index contributed by atoms with van der Waals surface area (Å²) in [6.45, 7) is 0.653. The number of rotatable bonds is 4. The van der Waals surface area contributed by atoms with Gasteiger partial charge in [-0.25, -0.2) is 9.59 Å². The van der Waals surface area contributed by atoms with Crippen molar-refractivity contribution < 1.29 is 24.5 Å². The van der Waals surface area contributed by atoms with Gasteiger partial charge in [-0.05, 0) is 48.5 Å². The van der Waals surface area contributed by atoms with Gasteiger partial charge in [-0.15, -0.1) is 0 Å². The third-order valence-electron chi connectivity index (χ3n) is 3.54. The number of ether oxygens (including phenoxy) is 1. The van der Waals surface area contributed by atoms with Crippen LogP contribution >= 0.6 is 0 Å². The van der Waals surface area contributed by atoms with Crippen LogP contribution in [0.5, 0.6) is 0 Å². The van der Waals surface area contributed by atoms with Gasteiger partial charge in [0.15, 0.2) is 0 Å². The van der Waals surface area contributed by atoms with Crippen LogP contribution in [0.2, 0.25) is 0 Å². The molecule has 0 atom stereocenters. The first-order valence-corrected chi connectivity index (χ1v) is 6.86. The Morgan fingerprint density at radius 2 is 1.09 bits per heavy atom. The van der Waals surface area contributed by atoms with Crippen LogP contribution in [0.25, 0.3) is 0 Å². The third-order valence-corrected chi connectivity index (χ3v) is 3.54. The number of aromatic carboxylic acids is 2. The first-order valence-electron chi connectivity index (χ1n) is 6.86. The Morgan fingerprint density at radius 1 is 0.739 bits per heavy atom. The Hall–Kier alpha value is -3.06. The van der Waals surface area contributed by atoms with E-state index < -0.39 is 11.9 Å². The average molecular weight is 314 g/mol. The molecule has 2 aromatic rings. The molecule has 0 bridgehead atoms. The van der Waals surface area contributed by atoms with E-state index in [2.05, 4.69) is 0 Å². The molecular weight excluding hydrogens is 300 g/mol. The normalized spacial score (nSPS) is 14.1. The van der Waals surface area contributed by atoms with Crippen LogP contribution in [0.15, 0.2) is 48.5 Å². The summed E-state index contributed by atoms with van der Waals surface area (Å²) < 4.78 is 5.45. The molecule has 23 heavy (non-hydrogen) atoms. The van der Waals surface area contributed by atoms with E-state index >= 15 is 0 Å². The Balaban J connectivity index is 1.84. The van der Waals surface area contributed by atoms with Crippen molar-refractivity contribution in [1.29, 1.82) is 0 Å². The average Bonchev–Trinajstić information content (AvgIpc) is 3.04. The summed E-state index contributed by atoms with van der Waals surface area (Å²) in [4.78, 5) is 21.8. The predicted molar refractivity (Wildman–Crippen MR) is 82.6 cm³/mol. The Bertz CT molecular complexity index is 664. The fourth-order valence-electron chi connectivity index (χ4n) is 2.33. The number of anilines is 2. The van der Waals surface area contributed by atoms with Crippen LogP contribution in [-0.2, 0) is 4.74 Å². The second kappa shape index (κ2) is 5.98. The Kier molecular flexibility index (Phi) is 3.86. The number of carbonyl (C=O) groups is 2. The highest BCUT2D eigenvalue weighted by Gasteiger charge is 2.23. The zero-order valence-electron chi connectivity index (χ0n) is 12.0. The lowest BCUT2D eigenvalue weighted by molar-refractivity contribution is 0.0686. The number of carboxylic acid groups (broad SMARTS) is 2. The standard InChI is InChI=1S/C16H14N2O5/c19-15(20)11-1-5-13(6-2-11)17-9-23-10-18(17)14-7-3-12(4-8-14)16(21)22/h1-8H,9-10H2,(H,19,20)(H,21,22). The zero-order chi connectivity index (χ0) is 16.4. The van der Waals surface area contributed by atoms with Gasteiger partial charge in [0, 0.05) is 0 Å². The highest BCUT2D eigenvalue weighted by Crippen LogP contribution is 2.26. The molecule has 1 saturated heterocycles. The molecule has 0 amide bonds. The topological polar surface area (TPSA) is 90.3 Å². The fraction of sp³-hybridized carbons (Fsp3) is 0.125. The Labute approximate surface area is 131 Å². The maximum absolute atomic E-state index is 10.9. The number of hydrazine groups is 1. The molecule has 2 N–H and O–H groups in total. The van der Waals surface area contributed by atoms with Crippen LogP contribution in [0.1, 0.15) is 20.7 Å². The van der Waals surface area contributed by atoms with Crippen molar-refractivity contribution in [3.63, 3.8) is 0 Å². The van der Waals surface area contributed by atoms with E-state index in [0.717, 1.165) is 11.4 Å². The maximum atomic E-state index is 10.9. The van der Waals surface area contributed by atoms with Gasteiger partial charge in [-0.3, -0.25) is 10.0 Å². The summed E-state index contributed by atoms with van der Waals surface area (Å²) >= 11 is 0. The molecule has 1 aliphatic heterocycles. The molecule has 2 aromatic carbocycles. The fourth-order valence-corrected chi connectivity index (χ4v) is 2.33. The van der Waals surface area contributed by atoms with Crippen molar-refractivity contribution in [2.24, 2.45) is 0 Å². The lowest BCUT2D eigenvalue weighted by atomic mass is 10.2. The van der Waals surface area contributed by atoms with Crippen molar-refractivity contribution in [3.8, 4) is 0 Å². The van der Waals surface area contributed by atoms with Gasteiger partial charge < -0.3 is 14.9 Å². The molecule has 118 valence electrons. The monoisotopic (exact) mass is 314 g/mol. The zero-order valence-corrected chi connectivity index (χ0v) is 12.0. The van der Waals surface area contributed by atoms with E-state index in [0.29, 0.717) is 13.5 Å². The number of benzene rings is 2. The molecule has 7 heteroatoms. The van der Waals surface area contributed by atoms with Crippen LogP contribution in [-0.4, -0.2) is 35.6 Å². The summed E-state index contributed by atoms with van der Waals surface area (Å²) in [6, 6.07) is 12.9. The van der Waals surface area contributed by atoms with Gasteiger partial charge >= 0.3 is 11.9 Å². The number of carboxylic acids is 2. The van der Waals surface area contributed by atoms with Crippen molar-refractivity contribution in [1.82, 2.24) is 0 Å². The van der Waals surface area contributed by atoms with E-state index in [9.17, 15) is 9.59 Å². The Morgan fingerprint density at radius 3 is 1.39 bits per heavy atom. The maximum Gasteiger partial charge on any atom is 0.335 e. The summed E-state index contributed by atoms with van der Waals surface area (Å²) in [5.41, 5.74) is 2.00. The molecule has 7 nitrogen and oxygen atoms in total. The van der Waals surface area contributed by atoms with E-state index in [1.807, 2.05) is 10.0 Å². The number of hydrogen-bond donors (Lipinski definition) is 2. The van der Waals surface area contributed by atoms with Crippen molar-refractivity contribution >= 4 is 23.3 Å². The minimum absolute atomic E-state index is 0.214. The molecule has 1 aliphatic rings.